The molecular formula is C7H6O2. The number of carbonyl (C=O) groups excluding carboxylic acids is 1. The fraction of sp³-hybridized carbons (Fsp3) is 0.286. The van der Waals surface area contributed by atoms with E-state index in [2.05, 4.69) is 0 Å². The number of rotatable bonds is 0. The Morgan fingerprint density at radius 2 is 2.56 bits per heavy atom. The van der Waals surface area contributed by atoms with Crippen LogP contribution < -0.4 is 0 Å². The summed E-state index contributed by atoms with van der Waals surface area (Å²) in [5.74, 6) is -0.139. The molecule has 9 heavy (non-hydrogen) atoms. The molecule has 0 aromatic rings. The minimum Gasteiger partial charge on any atom is -0.460 e. The summed E-state index contributed by atoms with van der Waals surface area (Å²) in [5.41, 5.74) is 1.10. The van der Waals surface area contributed by atoms with Crippen LogP contribution >= 0.6 is 0 Å². The Kier molecular flexibility index (Phi) is 0.781. The monoisotopic (exact) mass is 122 g/mol. The molecule has 1 saturated heterocycles. The SMILES string of the molecule is O=C1OCC2=CC=CC12. The van der Waals surface area contributed by atoms with E-state index in [-0.39, 0.29) is 11.9 Å². The van der Waals surface area contributed by atoms with Crippen LogP contribution in [0.1, 0.15) is 0 Å². The third-order valence-corrected chi connectivity index (χ3v) is 1.65. The molecule has 2 aliphatic rings. The van der Waals surface area contributed by atoms with Crippen molar-refractivity contribution in [2.45, 2.75) is 0 Å². The zero-order valence-corrected chi connectivity index (χ0v) is 4.83. The van der Waals surface area contributed by atoms with E-state index in [0.717, 1.165) is 5.57 Å². The molecule has 46 valence electrons. The highest BCUT2D eigenvalue weighted by molar-refractivity contribution is 5.82. The van der Waals surface area contributed by atoms with Crippen LogP contribution in [0.15, 0.2) is 23.8 Å². The molecule has 0 saturated carbocycles. The highest BCUT2D eigenvalue weighted by Gasteiger charge is 2.30. The first kappa shape index (κ1) is 4.79. The predicted octanol–water partition coefficient (Wildman–Crippen LogP) is 0.656. The molecule has 0 aromatic heterocycles. The van der Waals surface area contributed by atoms with Crippen LogP contribution in [0.4, 0.5) is 0 Å². The summed E-state index contributed by atoms with van der Waals surface area (Å²) < 4.78 is 4.76. The van der Waals surface area contributed by atoms with Crippen LogP contribution in [0, 0.1) is 5.92 Å². The minimum atomic E-state index is -0.102. The van der Waals surface area contributed by atoms with Crippen LogP contribution in [-0.2, 0) is 9.53 Å². The van der Waals surface area contributed by atoms with E-state index >= 15 is 0 Å². The normalized spacial score (nSPS) is 30.0. The van der Waals surface area contributed by atoms with Crippen molar-refractivity contribution < 1.29 is 9.53 Å². The second-order valence-electron chi connectivity index (χ2n) is 2.21. The molecule has 0 radical (unpaired) electrons. The van der Waals surface area contributed by atoms with E-state index in [1.807, 2.05) is 18.2 Å². The first-order valence-electron chi connectivity index (χ1n) is 2.92. The zero-order valence-electron chi connectivity index (χ0n) is 4.83. The zero-order chi connectivity index (χ0) is 6.27. The lowest BCUT2D eigenvalue weighted by atomic mass is 10.1. The quantitative estimate of drug-likeness (QED) is 0.441. The summed E-state index contributed by atoms with van der Waals surface area (Å²) in [4.78, 5) is 10.7. The van der Waals surface area contributed by atoms with Crippen molar-refractivity contribution in [3.63, 3.8) is 0 Å². The van der Waals surface area contributed by atoms with E-state index in [4.69, 9.17) is 4.74 Å². The summed E-state index contributed by atoms with van der Waals surface area (Å²) >= 11 is 0. The van der Waals surface area contributed by atoms with Crippen molar-refractivity contribution >= 4 is 5.97 Å². The number of allylic oxidation sites excluding steroid dienone is 2. The van der Waals surface area contributed by atoms with E-state index in [9.17, 15) is 4.79 Å². The van der Waals surface area contributed by atoms with Gasteiger partial charge >= 0.3 is 5.97 Å². The van der Waals surface area contributed by atoms with Crippen LogP contribution in [-0.4, -0.2) is 12.6 Å². The maximum atomic E-state index is 10.7. The smallest absolute Gasteiger partial charge is 0.317 e. The molecular weight excluding hydrogens is 116 g/mol. The van der Waals surface area contributed by atoms with Gasteiger partial charge in [0.2, 0.25) is 0 Å². The summed E-state index contributed by atoms with van der Waals surface area (Å²) in [6.45, 7) is 0.497. The van der Waals surface area contributed by atoms with Crippen LogP contribution in [0.2, 0.25) is 0 Å². The van der Waals surface area contributed by atoms with E-state index in [1.54, 1.807) is 0 Å². The van der Waals surface area contributed by atoms with Gasteiger partial charge in [0.1, 0.15) is 6.61 Å². The van der Waals surface area contributed by atoms with Gasteiger partial charge in [-0.3, -0.25) is 4.79 Å². The van der Waals surface area contributed by atoms with Gasteiger partial charge in [0.15, 0.2) is 0 Å². The van der Waals surface area contributed by atoms with Crippen molar-refractivity contribution in [3.05, 3.63) is 23.8 Å². The van der Waals surface area contributed by atoms with Gasteiger partial charge in [-0.25, -0.2) is 0 Å². The van der Waals surface area contributed by atoms with Crippen LogP contribution in [0.5, 0.6) is 0 Å². The molecule has 2 rings (SSSR count). The van der Waals surface area contributed by atoms with Crippen molar-refractivity contribution in [2.24, 2.45) is 5.92 Å². The molecule has 0 aromatic carbocycles. The topological polar surface area (TPSA) is 26.3 Å². The van der Waals surface area contributed by atoms with Gasteiger partial charge in [-0.05, 0) is 5.57 Å². The lowest BCUT2D eigenvalue weighted by molar-refractivity contribution is -0.140. The fourth-order valence-electron chi connectivity index (χ4n) is 1.13. The Morgan fingerprint density at radius 3 is 3.33 bits per heavy atom. The van der Waals surface area contributed by atoms with E-state index in [1.165, 1.54) is 0 Å². The Morgan fingerprint density at radius 1 is 1.67 bits per heavy atom. The molecule has 1 fully saturated rings. The molecule has 0 N–H and O–H groups in total. The molecule has 1 aliphatic heterocycles. The van der Waals surface area contributed by atoms with E-state index < -0.39 is 0 Å². The number of cyclic esters (lactones) is 1. The van der Waals surface area contributed by atoms with Gasteiger partial charge in [0, 0.05) is 0 Å². The number of esters is 1. The molecule has 0 amide bonds. The Labute approximate surface area is 52.8 Å². The second kappa shape index (κ2) is 1.47. The molecule has 0 spiro atoms. The van der Waals surface area contributed by atoms with Crippen molar-refractivity contribution in [3.8, 4) is 0 Å². The molecule has 1 aliphatic carbocycles. The first-order valence-corrected chi connectivity index (χ1v) is 2.92. The van der Waals surface area contributed by atoms with Gasteiger partial charge in [0.25, 0.3) is 0 Å². The lowest BCUT2D eigenvalue weighted by Gasteiger charge is -1.90. The third-order valence-electron chi connectivity index (χ3n) is 1.65. The molecule has 2 nitrogen and oxygen atoms in total. The number of carbonyl (C=O) groups is 1. The van der Waals surface area contributed by atoms with Gasteiger partial charge < -0.3 is 4.74 Å². The summed E-state index contributed by atoms with van der Waals surface area (Å²) in [5, 5.41) is 0. The maximum absolute atomic E-state index is 10.7. The van der Waals surface area contributed by atoms with E-state index in [0.29, 0.717) is 6.61 Å². The summed E-state index contributed by atoms with van der Waals surface area (Å²) in [7, 11) is 0. The second-order valence-corrected chi connectivity index (χ2v) is 2.21. The molecule has 1 heterocycles. The van der Waals surface area contributed by atoms with Crippen molar-refractivity contribution in [1.82, 2.24) is 0 Å². The lowest BCUT2D eigenvalue weighted by Crippen LogP contribution is -2.02. The highest BCUT2D eigenvalue weighted by atomic mass is 16.5. The molecule has 1 unspecified atom stereocenters. The van der Waals surface area contributed by atoms with Crippen molar-refractivity contribution in [2.75, 3.05) is 6.61 Å². The molecule has 0 bridgehead atoms. The van der Waals surface area contributed by atoms with Gasteiger partial charge in [-0.1, -0.05) is 18.2 Å². The van der Waals surface area contributed by atoms with Crippen molar-refractivity contribution in [1.29, 1.82) is 0 Å². The third kappa shape index (κ3) is 0.529. The minimum absolute atomic E-state index is 0.0370. The highest BCUT2D eigenvalue weighted by Crippen LogP contribution is 2.26. The first-order chi connectivity index (χ1) is 4.38. The largest absolute Gasteiger partial charge is 0.460 e. The van der Waals surface area contributed by atoms with Crippen LogP contribution in [0.25, 0.3) is 0 Å². The van der Waals surface area contributed by atoms with Gasteiger partial charge in [-0.2, -0.15) is 0 Å². The summed E-state index contributed by atoms with van der Waals surface area (Å²) in [6.07, 6.45) is 5.71. The predicted molar refractivity (Wildman–Crippen MR) is 31.7 cm³/mol. The number of ether oxygens (including phenoxy) is 1. The maximum Gasteiger partial charge on any atom is 0.317 e. The van der Waals surface area contributed by atoms with Gasteiger partial charge in [-0.15, -0.1) is 0 Å². The van der Waals surface area contributed by atoms with Crippen LogP contribution in [0.3, 0.4) is 0 Å². The number of hydrogen-bond donors (Lipinski definition) is 0. The summed E-state index contributed by atoms with van der Waals surface area (Å²) in [6, 6.07) is 0. The standard InChI is InChI=1S/C7H6O2/c8-7-6-3-1-2-5(6)4-9-7/h1-3,6H,4H2. The molecule has 2 heteroatoms. The average molecular weight is 122 g/mol. The Hall–Kier alpha value is -1.05. The number of hydrogen-bond acceptors (Lipinski definition) is 2. The Bertz CT molecular complexity index is 213. The number of fused-ring (bicyclic) bond motifs is 1. The Balaban J connectivity index is 2.37. The van der Waals surface area contributed by atoms with Gasteiger partial charge in [0.05, 0.1) is 5.92 Å². The fourth-order valence-corrected chi connectivity index (χ4v) is 1.13. The molecule has 1 atom stereocenters. The average Bonchev–Trinajstić information content (AvgIpc) is 2.35.